The van der Waals surface area contributed by atoms with Crippen LogP contribution in [0.5, 0.6) is 0 Å². The van der Waals surface area contributed by atoms with Gasteiger partial charge in [-0.05, 0) is 18.2 Å². The number of carbonyl (C=O) groups is 3. The van der Waals surface area contributed by atoms with Gasteiger partial charge in [0.1, 0.15) is 6.04 Å². The number of nitrogens with one attached hydrogen (secondary N) is 2. The van der Waals surface area contributed by atoms with E-state index in [4.69, 9.17) is 16.2 Å². The van der Waals surface area contributed by atoms with Gasteiger partial charge in [-0.3, -0.25) is 30.1 Å². The molecule has 2 saturated heterocycles. The highest BCUT2D eigenvalue weighted by molar-refractivity contribution is 8.14. The SMILES string of the molecule is NC1=N[C@@H](CN2C(=O)CSC2=O)[C@@H]2[NH+]=C(N)N[C@]23N1C[C@H](OC(=O)c1cc(C(F)(F)F)ccc1C(F)(F)F)C3(O)O. The van der Waals surface area contributed by atoms with Crippen molar-refractivity contribution in [1.82, 2.24) is 15.1 Å². The molecule has 0 unspecified atom stereocenters. The molecule has 4 heterocycles. The molecule has 4 aliphatic heterocycles. The third-order valence-electron chi connectivity index (χ3n) is 7.16. The Kier molecular flexibility index (Phi) is 6.39. The highest BCUT2D eigenvalue weighted by Crippen LogP contribution is 2.44. The number of benzene rings is 1. The fourth-order valence-corrected chi connectivity index (χ4v) is 6.07. The summed E-state index contributed by atoms with van der Waals surface area (Å²) in [7, 11) is 0. The zero-order valence-electron chi connectivity index (χ0n) is 20.3. The summed E-state index contributed by atoms with van der Waals surface area (Å²) in [6, 6.07) is -2.29. The van der Waals surface area contributed by atoms with Gasteiger partial charge in [0.05, 0.1) is 35.5 Å². The van der Waals surface area contributed by atoms with Crippen LogP contribution in [-0.2, 0) is 21.9 Å². The van der Waals surface area contributed by atoms with E-state index in [9.17, 15) is 50.9 Å². The summed E-state index contributed by atoms with van der Waals surface area (Å²) in [6.07, 6.45) is -12.5. The van der Waals surface area contributed by atoms with Crippen molar-refractivity contribution in [3.63, 3.8) is 0 Å². The fraction of sp³-hybridized carbons (Fsp3) is 0.476. The number of hydrogen-bond donors (Lipinski definition) is 6. The number of imide groups is 1. The fourth-order valence-electron chi connectivity index (χ4n) is 5.33. The van der Waals surface area contributed by atoms with E-state index in [2.05, 4.69) is 15.3 Å². The second-order valence-corrected chi connectivity index (χ2v) is 10.5. The van der Waals surface area contributed by atoms with Crippen LogP contribution in [0, 0.1) is 0 Å². The molecule has 4 aliphatic rings. The van der Waals surface area contributed by atoms with Gasteiger partial charge in [-0.2, -0.15) is 26.3 Å². The van der Waals surface area contributed by atoms with E-state index in [1.165, 1.54) is 0 Å². The summed E-state index contributed by atoms with van der Waals surface area (Å²) in [4.78, 5) is 46.0. The standard InChI is InChI=1S/C21H19F6N7O6S/c22-20(23,24)7-1-2-9(21(25,26)27)8(3-7)14(36)40-11-5-34-16(29)30-10(4-33-12(35)6-41-17(33)37)13-18(34,19(11,38)39)32-15(28)31-13/h1-3,10-11,13,38-39H,4-6H2,(H2,29,30)(H3,28,31,32)/p+1/t10-,11-,13-,18-/m0/s1. The number of aliphatic imine (C=N–C) groups is 1. The highest BCUT2D eigenvalue weighted by atomic mass is 32.2. The molecule has 0 aromatic heterocycles. The van der Waals surface area contributed by atoms with Crippen molar-refractivity contribution < 1.29 is 60.7 Å². The van der Waals surface area contributed by atoms with Gasteiger partial charge in [0, 0.05) is 0 Å². The summed E-state index contributed by atoms with van der Waals surface area (Å²) in [6.45, 7) is -1.09. The van der Waals surface area contributed by atoms with Gasteiger partial charge < -0.3 is 20.7 Å². The molecule has 8 N–H and O–H groups in total. The lowest BCUT2D eigenvalue weighted by atomic mass is 9.85. The topological polar surface area (TPSA) is 198 Å². The quantitative estimate of drug-likeness (QED) is 0.122. The van der Waals surface area contributed by atoms with Crippen molar-refractivity contribution in [3.05, 3.63) is 34.9 Å². The minimum Gasteiger partial charge on any atom is -0.451 e. The van der Waals surface area contributed by atoms with Crippen molar-refractivity contribution >= 4 is 40.8 Å². The molecule has 0 saturated carbocycles. The van der Waals surface area contributed by atoms with Gasteiger partial charge in [-0.15, -0.1) is 0 Å². The third kappa shape index (κ3) is 4.40. The van der Waals surface area contributed by atoms with E-state index in [1.54, 1.807) is 0 Å². The number of rotatable bonds is 4. The number of halogens is 6. The molecule has 0 bridgehead atoms. The Morgan fingerprint density at radius 3 is 2.46 bits per heavy atom. The zero-order chi connectivity index (χ0) is 30.3. The van der Waals surface area contributed by atoms with Crippen molar-refractivity contribution in [2.45, 2.75) is 42.0 Å². The lowest BCUT2D eigenvalue weighted by Gasteiger charge is -2.46. The minimum absolute atomic E-state index is 0.0555. The Labute approximate surface area is 229 Å². The maximum absolute atomic E-state index is 13.6. The van der Waals surface area contributed by atoms with E-state index in [0.717, 1.165) is 21.6 Å². The smallest absolute Gasteiger partial charge is 0.417 e. The molecule has 20 heteroatoms. The van der Waals surface area contributed by atoms with Gasteiger partial charge in [0.2, 0.25) is 5.91 Å². The number of amides is 2. The Bertz CT molecular complexity index is 1390. The molecule has 222 valence electrons. The van der Waals surface area contributed by atoms with Crippen molar-refractivity contribution in [2.24, 2.45) is 16.5 Å². The molecule has 2 amide bonds. The predicted molar refractivity (Wildman–Crippen MR) is 124 cm³/mol. The second kappa shape index (κ2) is 9.11. The summed E-state index contributed by atoms with van der Waals surface area (Å²) < 4.78 is 85.4. The van der Waals surface area contributed by atoms with Gasteiger partial charge >= 0.3 is 24.3 Å². The molecule has 5 rings (SSSR count). The number of nitrogens with zero attached hydrogens (tertiary/aromatic N) is 3. The van der Waals surface area contributed by atoms with Gasteiger partial charge in [-0.1, -0.05) is 11.8 Å². The number of guanidine groups is 2. The summed E-state index contributed by atoms with van der Waals surface area (Å²) >= 11 is 0.731. The first-order chi connectivity index (χ1) is 18.9. The highest BCUT2D eigenvalue weighted by Gasteiger charge is 2.77. The van der Waals surface area contributed by atoms with Crippen LogP contribution in [0.15, 0.2) is 23.2 Å². The van der Waals surface area contributed by atoms with E-state index in [1.807, 2.05) is 0 Å². The maximum Gasteiger partial charge on any atom is 0.417 e. The van der Waals surface area contributed by atoms with E-state index in [-0.39, 0.29) is 36.5 Å². The van der Waals surface area contributed by atoms with Gasteiger partial charge in [0.15, 0.2) is 18.1 Å². The number of esters is 1. The number of aliphatic hydroxyl groups is 2. The molecule has 4 atom stereocenters. The molecule has 2 fully saturated rings. The summed E-state index contributed by atoms with van der Waals surface area (Å²) in [5, 5.41) is 24.7. The summed E-state index contributed by atoms with van der Waals surface area (Å²) in [5.74, 6) is -6.53. The summed E-state index contributed by atoms with van der Waals surface area (Å²) in [5.41, 5.74) is 4.86. The van der Waals surface area contributed by atoms with Crippen LogP contribution < -0.4 is 21.8 Å². The lowest BCUT2D eigenvalue weighted by molar-refractivity contribution is -0.522. The minimum atomic E-state index is -5.27. The molecule has 13 nitrogen and oxygen atoms in total. The number of alkyl halides is 6. The van der Waals surface area contributed by atoms with Crippen LogP contribution in [0.2, 0.25) is 0 Å². The van der Waals surface area contributed by atoms with E-state index < -0.39 is 88.3 Å². The van der Waals surface area contributed by atoms with Crippen LogP contribution in [0.1, 0.15) is 21.5 Å². The molecule has 1 aromatic rings. The van der Waals surface area contributed by atoms with E-state index in [0.29, 0.717) is 0 Å². The zero-order valence-corrected chi connectivity index (χ0v) is 21.1. The largest absolute Gasteiger partial charge is 0.451 e. The number of nitrogens with two attached hydrogens (primary N) is 2. The first-order valence-corrected chi connectivity index (χ1v) is 12.6. The van der Waals surface area contributed by atoms with Crippen molar-refractivity contribution in [3.8, 4) is 0 Å². The van der Waals surface area contributed by atoms with Crippen LogP contribution in [0.4, 0.5) is 31.1 Å². The van der Waals surface area contributed by atoms with Crippen LogP contribution in [0.3, 0.4) is 0 Å². The van der Waals surface area contributed by atoms with Crippen molar-refractivity contribution in [2.75, 3.05) is 18.8 Å². The van der Waals surface area contributed by atoms with Crippen molar-refractivity contribution in [1.29, 1.82) is 0 Å². The number of hydrogen-bond acceptors (Lipinski definition) is 12. The van der Waals surface area contributed by atoms with Crippen LogP contribution in [-0.4, -0.2) is 97.5 Å². The van der Waals surface area contributed by atoms with Crippen LogP contribution in [0.25, 0.3) is 0 Å². The predicted octanol–water partition coefficient (Wildman–Crippen LogP) is -2.30. The van der Waals surface area contributed by atoms with E-state index >= 15 is 0 Å². The molecule has 1 spiro atoms. The Morgan fingerprint density at radius 1 is 1.20 bits per heavy atom. The Hall–Kier alpha value is -3.78. The lowest BCUT2D eigenvalue weighted by Crippen LogP contribution is -2.90. The molecule has 1 aromatic carbocycles. The molecule has 0 radical (unpaired) electrons. The number of ether oxygens (including phenoxy) is 1. The first-order valence-electron chi connectivity index (χ1n) is 11.6. The average molecular weight is 612 g/mol. The molecule has 0 aliphatic carbocycles. The van der Waals surface area contributed by atoms with Gasteiger partial charge in [-0.25, -0.2) is 15.1 Å². The number of carbonyl (C=O) groups excluding carboxylic acids is 3. The Morgan fingerprint density at radius 2 is 1.88 bits per heavy atom. The molecular weight excluding hydrogens is 592 g/mol. The number of thioether (sulfide) groups is 1. The normalized spacial score (nSPS) is 29.1. The average Bonchev–Trinajstić information content (AvgIpc) is 3.45. The third-order valence-corrected chi connectivity index (χ3v) is 8.02. The maximum atomic E-state index is 13.6. The van der Waals surface area contributed by atoms with Gasteiger partial charge in [0.25, 0.3) is 16.7 Å². The van der Waals surface area contributed by atoms with Crippen LogP contribution >= 0.6 is 11.8 Å². The second-order valence-electron chi connectivity index (χ2n) is 9.53. The Balaban J connectivity index is 1.49. The monoisotopic (exact) mass is 612 g/mol. The molecular formula is C21H20F6N7O6S+. The first kappa shape index (κ1) is 28.7. The molecule has 41 heavy (non-hydrogen) atoms.